The van der Waals surface area contributed by atoms with Crippen LogP contribution in [-0.2, 0) is 13.1 Å². The van der Waals surface area contributed by atoms with Crippen LogP contribution in [0, 0.1) is 0 Å². The Balaban J connectivity index is 1.96. The zero-order valence-electron chi connectivity index (χ0n) is 12.1. The van der Waals surface area contributed by atoms with E-state index in [1.807, 2.05) is 70.7 Å². The van der Waals surface area contributed by atoms with Gasteiger partial charge in [0.2, 0.25) is 0 Å². The second-order valence-electron chi connectivity index (χ2n) is 4.94. The van der Waals surface area contributed by atoms with Crippen LogP contribution in [0.25, 0.3) is 17.1 Å². The monoisotopic (exact) mass is 278 g/mol. The molecule has 0 radical (unpaired) electrons. The molecule has 0 aliphatic rings. The van der Waals surface area contributed by atoms with Crippen LogP contribution in [0.2, 0.25) is 0 Å². The molecule has 0 fully saturated rings. The maximum absolute atomic E-state index is 12.5. The number of allylic oxidation sites excluding steroid dienone is 1. The van der Waals surface area contributed by atoms with Crippen molar-refractivity contribution >= 4 is 17.1 Å². The molecule has 3 aromatic rings. The topological polar surface area (TPSA) is 26.9 Å². The Labute approximate surface area is 123 Å². The van der Waals surface area contributed by atoms with E-state index in [0.717, 1.165) is 16.6 Å². The molecule has 3 rings (SSSR count). The summed E-state index contributed by atoms with van der Waals surface area (Å²) in [4.78, 5) is 12.5. The summed E-state index contributed by atoms with van der Waals surface area (Å²) in [5, 5.41) is 0. The fourth-order valence-electron chi connectivity index (χ4n) is 2.61. The fourth-order valence-corrected chi connectivity index (χ4v) is 2.61. The van der Waals surface area contributed by atoms with Gasteiger partial charge in [-0.15, -0.1) is 0 Å². The molecule has 0 N–H and O–H groups in total. The molecule has 0 saturated carbocycles. The molecule has 0 amide bonds. The van der Waals surface area contributed by atoms with E-state index in [1.54, 1.807) is 0 Å². The van der Waals surface area contributed by atoms with Gasteiger partial charge in [0.15, 0.2) is 0 Å². The first-order valence-electron chi connectivity index (χ1n) is 7.21. The van der Waals surface area contributed by atoms with Crippen molar-refractivity contribution in [2.75, 3.05) is 0 Å². The number of hydrogen-bond acceptors (Lipinski definition) is 1. The highest BCUT2D eigenvalue weighted by Gasteiger charge is 2.09. The molecule has 0 aliphatic carbocycles. The summed E-state index contributed by atoms with van der Waals surface area (Å²) >= 11 is 0. The van der Waals surface area contributed by atoms with Crippen LogP contribution in [0.5, 0.6) is 0 Å². The first-order valence-corrected chi connectivity index (χ1v) is 7.21. The van der Waals surface area contributed by atoms with Crippen molar-refractivity contribution in [3.63, 3.8) is 0 Å². The molecule has 1 heterocycles. The highest BCUT2D eigenvalue weighted by atomic mass is 16.1. The van der Waals surface area contributed by atoms with E-state index in [0.29, 0.717) is 13.1 Å². The van der Waals surface area contributed by atoms with Gasteiger partial charge >= 0.3 is 5.69 Å². The third kappa shape index (κ3) is 2.55. The van der Waals surface area contributed by atoms with Gasteiger partial charge in [-0.3, -0.25) is 9.13 Å². The van der Waals surface area contributed by atoms with Crippen LogP contribution < -0.4 is 5.69 Å². The van der Waals surface area contributed by atoms with E-state index in [2.05, 4.69) is 12.1 Å². The molecule has 0 unspecified atom stereocenters. The van der Waals surface area contributed by atoms with E-state index in [1.165, 1.54) is 0 Å². The zero-order valence-corrected chi connectivity index (χ0v) is 12.1. The Morgan fingerprint density at radius 1 is 0.905 bits per heavy atom. The normalized spacial score (nSPS) is 11.5. The Morgan fingerprint density at radius 2 is 1.52 bits per heavy atom. The standard InChI is InChI=1S/C18H18N2O/c1-2-19-16-12-6-7-13-17(16)20(18(19)21)14-8-11-15-9-4-3-5-10-15/h3-13H,2,14H2,1H3/b11-8+. The second kappa shape index (κ2) is 5.83. The second-order valence-corrected chi connectivity index (χ2v) is 4.94. The van der Waals surface area contributed by atoms with Gasteiger partial charge in [0.05, 0.1) is 11.0 Å². The lowest BCUT2D eigenvalue weighted by Crippen LogP contribution is -2.23. The van der Waals surface area contributed by atoms with E-state index in [9.17, 15) is 4.79 Å². The van der Waals surface area contributed by atoms with E-state index < -0.39 is 0 Å². The fraction of sp³-hybridized carbons (Fsp3) is 0.167. The Kier molecular flexibility index (Phi) is 3.73. The average molecular weight is 278 g/mol. The SMILES string of the molecule is CCn1c(=O)n(C/C=C/c2ccccc2)c2ccccc21. The van der Waals surface area contributed by atoms with Gasteiger partial charge in [-0.25, -0.2) is 4.79 Å². The van der Waals surface area contributed by atoms with E-state index in [4.69, 9.17) is 0 Å². The molecular weight excluding hydrogens is 260 g/mol. The van der Waals surface area contributed by atoms with Crippen molar-refractivity contribution in [1.82, 2.24) is 9.13 Å². The van der Waals surface area contributed by atoms with Crippen molar-refractivity contribution < 1.29 is 0 Å². The molecule has 1 aromatic heterocycles. The lowest BCUT2D eigenvalue weighted by atomic mass is 10.2. The van der Waals surface area contributed by atoms with Gasteiger partial charge in [0, 0.05) is 13.1 Å². The summed E-state index contributed by atoms with van der Waals surface area (Å²) in [5.74, 6) is 0. The third-order valence-electron chi connectivity index (χ3n) is 3.64. The number of benzene rings is 2. The first kappa shape index (κ1) is 13.4. The average Bonchev–Trinajstić information content (AvgIpc) is 2.80. The maximum atomic E-state index is 12.5. The van der Waals surface area contributed by atoms with Gasteiger partial charge < -0.3 is 0 Å². The number of nitrogens with zero attached hydrogens (tertiary/aromatic N) is 2. The van der Waals surface area contributed by atoms with Gasteiger partial charge in [-0.05, 0) is 24.6 Å². The van der Waals surface area contributed by atoms with Crippen molar-refractivity contribution in [3.05, 3.63) is 76.7 Å². The molecule has 3 nitrogen and oxygen atoms in total. The lowest BCUT2D eigenvalue weighted by molar-refractivity contribution is 0.691. The summed E-state index contributed by atoms with van der Waals surface area (Å²) in [6.07, 6.45) is 4.08. The molecule has 0 aliphatic heterocycles. The van der Waals surface area contributed by atoms with E-state index >= 15 is 0 Å². The van der Waals surface area contributed by atoms with Crippen LogP contribution in [0.1, 0.15) is 12.5 Å². The summed E-state index contributed by atoms with van der Waals surface area (Å²) in [5.41, 5.74) is 3.18. The minimum absolute atomic E-state index is 0.0522. The predicted molar refractivity (Wildman–Crippen MR) is 87.3 cm³/mol. The molecule has 2 aromatic carbocycles. The molecule has 0 saturated heterocycles. The molecule has 3 heteroatoms. The van der Waals surface area contributed by atoms with Crippen LogP contribution in [0.3, 0.4) is 0 Å². The molecule has 106 valence electrons. The highest BCUT2D eigenvalue weighted by Crippen LogP contribution is 2.13. The first-order chi connectivity index (χ1) is 10.3. The van der Waals surface area contributed by atoms with Crippen molar-refractivity contribution in [2.45, 2.75) is 20.0 Å². The number of hydrogen-bond donors (Lipinski definition) is 0. The number of aromatic nitrogens is 2. The third-order valence-corrected chi connectivity index (χ3v) is 3.64. The van der Waals surface area contributed by atoms with Gasteiger partial charge in [-0.2, -0.15) is 0 Å². The number of fused-ring (bicyclic) bond motifs is 1. The Hall–Kier alpha value is -2.55. The van der Waals surface area contributed by atoms with Crippen molar-refractivity contribution in [3.8, 4) is 0 Å². The molecule has 0 atom stereocenters. The lowest BCUT2D eigenvalue weighted by Gasteiger charge is -1.98. The highest BCUT2D eigenvalue weighted by molar-refractivity contribution is 5.76. The number of aryl methyl sites for hydroxylation is 1. The summed E-state index contributed by atoms with van der Waals surface area (Å²) in [6.45, 7) is 3.27. The smallest absolute Gasteiger partial charge is 0.292 e. The molecule has 21 heavy (non-hydrogen) atoms. The van der Waals surface area contributed by atoms with Crippen LogP contribution >= 0.6 is 0 Å². The largest absolute Gasteiger partial charge is 0.329 e. The molecular formula is C18H18N2O. The number of para-hydroxylation sites is 2. The zero-order chi connectivity index (χ0) is 14.7. The minimum Gasteiger partial charge on any atom is -0.292 e. The quantitative estimate of drug-likeness (QED) is 0.717. The van der Waals surface area contributed by atoms with Crippen molar-refractivity contribution in [2.24, 2.45) is 0 Å². The van der Waals surface area contributed by atoms with Crippen LogP contribution in [-0.4, -0.2) is 9.13 Å². The molecule has 0 bridgehead atoms. The van der Waals surface area contributed by atoms with Crippen LogP contribution in [0.15, 0.2) is 65.5 Å². The Morgan fingerprint density at radius 3 is 2.19 bits per heavy atom. The summed E-state index contributed by atoms with van der Waals surface area (Å²) in [7, 11) is 0. The Bertz CT molecular complexity index is 825. The van der Waals surface area contributed by atoms with Gasteiger partial charge in [0.25, 0.3) is 0 Å². The van der Waals surface area contributed by atoms with E-state index in [-0.39, 0.29) is 5.69 Å². The van der Waals surface area contributed by atoms with Crippen LogP contribution in [0.4, 0.5) is 0 Å². The van der Waals surface area contributed by atoms with Gasteiger partial charge in [0.1, 0.15) is 0 Å². The number of imidazole rings is 1. The minimum atomic E-state index is 0.0522. The number of rotatable bonds is 4. The predicted octanol–water partition coefficient (Wildman–Crippen LogP) is 3.54. The van der Waals surface area contributed by atoms with Gasteiger partial charge in [-0.1, -0.05) is 54.6 Å². The summed E-state index contributed by atoms with van der Waals surface area (Å²) in [6, 6.07) is 18.1. The summed E-state index contributed by atoms with van der Waals surface area (Å²) < 4.78 is 3.63. The van der Waals surface area contributed by atoms with Crippen molar-refractivity contribution in [1.29, 1.82) is 0 Å². The molecule has 0 spiro atoms. The maximum Gasteiger partial charge on any atom is 0.329 e.